The van der Waals surface area contributed by atoms with Crippen LogP contribution in [0.3, 0.4) is 0 Å². The molecule has 3 heterocycles. The predicted molar refractivity (Wildman–Crippen MR) is 94.1 cm³/mol. The second-order valence-electron chi connectivity index (χ2n) is 6.39. The Bertz CT molecular complexity index is 890. The van der Waals surface area contributed by atoms with E-state index in [1.807, 2.05) is 37.3 Å². The van der Waals surface area contributed by atoms with Gasteiger partial charge < -0.3 is 9.64 Å². The van der Waals surface area contributed by atoms with Crippen LogP contribution in [0.15, 0.2) is 42.7 Å². The minimum absolute atomic E-state index is 0.00664. The molecule has 3 aromatic rings. The number of hydrogen-bond donors (Lipinski definition) is 1. The smallest absolute Gasteiger partial charge is 0.257 e. The van der Waals surface area contributed by atoms with E-state index in [1.54, 1.807) is 29.1 Å². The Morgan fingerprint density at radius 3 is 2.77 bits per heavy atom. The first-order valence-corrected chi connectivity index (χ1v) is 8.47. The summed E-state index contributed by atoms with van der Waals surface area (Å²) in [5.74, 6) is -0.0371. The van der Waals surface area contributed by atoms with Crippen LogP contribution >= 0.6 is 0 Å². The normalized spacial score (nSPS) is 19.8. The highest BCUT2D eigenvalue weighted by Crippen LogP contribution is 2.29. The number of hydrogen-bond acceptors (Lipinski definition) is 5. The number of H-pyrrole nitrogens is 1. The molecule has 0 unspecified atom stereocenters. The molecular formula is C18H20N6O2. The monoisotopic (exact) mass is 352 g/mol. The van der Waals surface area contributed by atoms with Crippen molar-refractivity contribution in [3.05, 3.63) is 59.7 Å². The van der Waals surface area contributed by atoms with Gasteiger partial charge in [-0.15, -0.1) is 0 Å². The average molecular weight is 352 g/mol. The van der Waals surface area contributed by atoms with Crippen molar-refractivity contribution in [2.75, 3.05) is 20.2 Å². The summed E-state index contributed by atoms with van der Waals surface area (Å²) in [5, 5.41) is 15.1. The SMILES string of the molecule is CO[C@@H]1CN(C(=O)c2cn(-c3ccccc3)nc2C)C[C@H]1c1cn[nH]n1. The van der Waals surface area contributed by atoms with E-state index in [0.717, 1.165) is 11.4 Å². The van der Waals surface area contributed by atoms with Gasteiger partial charge in [-0.1, -0.05) is 18.2 Å². The molecule has 2 aromatic heterocycles. The third-order valence-electron chi connectivity index (χ3n) is 4.82. The second-order valence-corrected chi connectivity index (χ2v) is 6.39. The van der Waals surface area contributed by atoms with Gasteiger partial charge in [0.25, 0.3) is 5.91 Å². The first-order chi connectivity index (χ1) is 12.7. The van der Waals surface area contributed by atoms with Gasteiger partial charge in [0.05, 0.1) is 40.9 Å². The Balaban J connectivity index is 1.58. The summed E-state index contributed by atoms with van der Waals surface area (Å²) in [6, 6.07) is 9.75. The topological polar surface area (TPSA) is 88.9 Å². The Hall–Kier alpha value is -3.00. The van der Waals surface area contributed by atoms with E-state index in [0.29, 0.717) is 24.3 Å². The number of carbonyl (C=O) groups excluding carboxylic acids is 1. The summed E-state index contributed by atoms with van der Waals surface area (Å²) < 4.78 is 7.31. The molecule has 8 heteroatoms. The summed E-state index contributed by atoms with van der Waals surface area (Å²) in [5.41, 5.74) is 3.04. The molecule has 26 heavy (non-hydrogen) atoms. The number of methoxy groups -OCH3 is 1. The van der Waals surface area contributed by atoms with Crippen LogP contribution in [0.5, 0.6) is 0 Å². The van der Waals surface area contributed by atoms with Gasteiger partial charge in [0.15, 0.2) is 0 Å². The number of para-hydroxylation sites is 1. The van der Waals surface area contributed by atoms with Crippen molar-refractivity contribution in [3.63, 3.8) is 0 Å². The molecule has 0 radical (unpaired) electrons. The highest BCUT2D eigenvalue weighted by atomic mass is 16.5. The second kappa shape index (κ2) is 6.72. The van der Waals surface area contributed by atoms with Gasteiger partial charge in [0, 0.05) is 26.4 Å². The number of amides is 1. The number of aromatic nitrogens is 5. The molecule has 1 aliphatic rings. The largest absolute Gasteiger partial charge is 0.379 e. The molecule has 0 aliphatic carbocycles. The van der Waals surface area contributed by atoms with Crippen LogP contribution < -0.4 is 0 Å². The van der Waals surface area contributed by atoms with E-state index in [9.17, 15) is 4.79 Å². The number of benzene rings is 1. The summed E-state index contributed by atoms with van der Waals surface area (Å²) >= 11 is 0. The van der Waals surface area contributed by atoms with Crippen LogP contribution in [0.25, 0.3) is 5.69 Å². The number of carbonyl (C=O) groups is 1. The van der Waals surface area contributed by atoms with E-state index in [1.165, 1.54) is 0 Å². The number of nitrogens with one attached hydrogen (secondary N) is 1. The minimum atomic E-state index is -0.103. The third kappa shape index (κ3) is 2.88. The number of aromatic amines is 1. The molecule has 2 atom stereocenters. The molecule has 4 rings (SSSR count). The van der Waals surface area contributed by atoms with Crippen molar-refractivity contribution in [3.8, 4) is 5.69 Å². The average Bonchev–Trinajstić information content (AvgIpc) is 3.40. The van der Waals surface area contributed by atoms with E-state index < -0.39 is 0 Å². The molecule has 1 fully saturated rings. The Morgan fingerprint density at radius 2 is 2.08 bits per heavy atom. The molecule has 1 amide bonds. The van der Waals surface area contributed by atoms with Crippen molar-refractivity contribution in [2.45, 2.75) is 18.9 Å². The fraction of sp³-hybridized carbons (Fsp3) is 0.333. The van der Waals surface area contributed by atoms with Gasteiger partial charge in [0.2, 0.25) is 0 Å². The van der Waals surface area contributed by atoms with Crippen LogP contribution in [0, 0.1) is 6.92 Å². The fourth-order valence-corrected chi connectivity index (χ4v) is 3.41. The number of likely N-dealkylation sites (tertiary alicyclic amines) is 1. The van der Waals surface area contributed by atoms with Crippen LogP contribution in [0.2, 0.25) is 0 Å². The van der Waals surface area contributed by atoms with Gasteiger partial charge in [0.1, 0.15) is 0 Å². The van der Waals surface area contributed by atoms with Crippen LogP contribution in [0.4, 0.5) is 0 Å². The van der Waals surface area contributed by atoms with Crippen molar-refractivity contribution < 1.29 is 9.53 Å². The van der Waals surface area contributed by atoms with E-state index in [-0.39, 0.29) is 17.9 Å². The van der Waals surface area contributed by atoms with E-state index in [4.69, 9.17) is 4.74 Å². The zero-order valence-electron chi connectivity index (χ0n) is 14.7. The molecule has 0 bridgehead atoms. The molecular weight excluding hydrogens is 332 g/mol. The first-order valence-electron chi connectivity index (χ1n) is 8.47. The Morgan fingerprint density at radius 1 is 1.27 bits per heavy atom. The summed E-state index contributed by atoms with van der Waals surface area (Å²) in [6.07, 6.45) is 3.37. The maximum Gasteiger partial charge on any atom is 0.257 e. The zero-order valence-corrected chi connectivity index (χ0v) is 14.7. The lowest BCUT2D eigenvalue weighted by atomic mass is 10.0. The predicted octanol–water partition coefficient (Wildman–Crippen LogP) is 1.55. The lowest BCUT2D eigenvalue weighted by Crippen LogP contribution is -2.30. The maximum atomic E-state index is 13.1. The fourth-order valence-electron chi connectivity index (χ4n) is 3.41. The number of nitrogens with zero attached hydrogens (tertiary/aromatic N) is 5. The van der Waals surface area contributed by atoms with Crippen molar-refractivity contribution in [2.24, 2.45) is 0 Å². The van der Waals surface area contributed by atoms with E-state index in [2.05, 4.69) is 20.5 Å². The number of aryl methyl sites for hydroxylation is 1. The standard InChI is InChI=1S/C18H20N6O2/c1-12-14(10-24(21-12)13-6-4-3-5-7-13)18(25)23-9-15(17(11-23)26-2)16-8-19-22-20-16/h3-8,10,15,17H,9,11H2,1-2H3,(H,19,20,22)/t15-,17+/m0/s1. The molecule has 134 valence electrons. The molecule has 1 aliphatic heterocycles. The Labute approximate surface area is 150 Å². The highest BCUT2D eigenvalue weighted by Gasteiger charge is 2.38. The van der Waals surface area contributed by atoms with Crippen molar-refractivity contribution >= 4 is 5.91 Å². The molecule has 1 saturated heterocycles. The Kier molecular flexibility index (Phi) is 4.26. The van der Waals surface area contributed by atoms with Gasteiger partial charge in [-0.25, -0.2) is 4.68 Å². The highest BCUT2D eigenvalue weighted by molar-refractivity contribution is 5.95. The van der Waals surface area contributed by atoms with Gasteiger partial charge >= 0.3 is 0 Å². The van der Waals surface area contributed by atoms with Crippen LogP contribution in [-0.2, 0) is 4.74 Å². The number of rotatable bonds is 4. The summed E-state index contributed by atoms with van der Waals surface area (Å²) in [7, 11) is 1.66. The summed E-state index contributed by atoms with van der Waals surface area (Å²) in [6.45, 7) is 2.91. The van der Waals surface area contributed by atoms with Gasteiger partial charge in [-0.3, -0.25) is 4.79 Å². The van der Waals surface area contributed by atoms with Gasteiger partial charge in [-0.05, 0) is 19.1 Å². The first kappa shape index (κ1) is 16.5. The molecule has 1 N–H and O–H groups in total. The van der Waals surface area contributed by atoms with E-state index >= 15 is 0 Å². The van der Waals surface area contributed by atoms with Crippen LogP contribution in [0.1, 0.15) is 27.7 Å². The molecule has 1 aromatic carbocycles. The maximum absolute atomic E-state index is 13.1. The molecule has 0 spiro atoms. The lowest BCUT2D eigenvalue weighted by Gasteiger charge is -2.15. The minimum Gasteiger partial charge on any atom is -0.379 e. The molecule has 0 saturated carbocycles. The third-order valence-corrected chi connectivity index (χ3v) is 4.82. The quantitative estimate of drug-likeness (QED) is 0.770. The van der Waals surface area contributed by atoms with Crippen molar-refractivity contribution in [1.29, 1.82) is 0 Å². The number of ether oxygens (including phenoxy) is 1. The molecule has 8 nitrogen and oxygen atoms in total. The zero-order chi connectivity index (χ0) is 18.1. The lowest BCUT2D eigenvalue weighted by molar-refractivity contribution is 0.0713. The van der Waals surface area contributed by atoms with Crippen LogP contribution in [-0.4, -0.2) is 62.3 Å². The van der Waals surface area contributed by atoms with Crippen molar-refractivity contribution in [1.82, 2.24) is 30.1 Å². The van der Waals surface area contributed by atoms with Gasteiger partial charge in [-0.2, -0.15) is 20.5 Å². The summed E-state index contributed by atoms with van der Waals surface area (Å²) in [4.78, 5) is 14.9.